The van der Waals surface area contributed by atoms with Crippen molar-refractivity contribution in [3.8, 4) is 17.6 Å². The van der Waals surface area contributed by atoms with E-state index in [9.17, 15) is 10.1 Å². The zero-order valence-corrected chi connectivity index (χ0v) is 16.0. The van der Waals surface area contributed by atoms with Gasteiger partial charge in [-0.2, -0.15) is 5.26 Å². The van der Waals surface area contributed by atoms with E-state index in [-0.39, 0.29) is 17.4 Å². The lowest BCUT2D eigenvalue weighted by Crippen LogP contribution is -2.21. The number of nitriles is 1. The molecule has 2 aromatic carbocycles. The largest absolute Gasteiger partial charge is 0.457 e. The second-order valence-electron chi connectivity index (χ2n) is 6.01. The van der Waals surface area contributed by atoms with Crippen LogP contribution in [0, 0.1) is 11.3 Å². The Bertz CT molecular complexity index is 1130. The number of benzene rings is 2. The van der Waals surface area contributed by atoms with E-state index in [4.69, 9.17) is 19.6 Å². The van der Waals surface area contributed by atoms with E-state index in [0.717, 1.165) is 15.6 Å². The molecular formula is C21H13BrN2O4. The Hall–Kier alpha value is -3.50. The van der Waals surface area contributed by atoms with Gasteiger partial charge in [0.25, 0.3) is 0 Å². The lowest BCUT2D eigenvalue weighted by atomic mass is 9.83. The maximum Gasteiger partial charge on any atom is 0.379 e. The van der Waals surface area contributed by atoms with E-state index >= 15 is 0 Å². The van der Waals surface area contributed by atoms with E-state index in [1.807, 2.05) is 24.3 Å². The molecule has 138 valence electrons. The van der Waals surface area contributed by atoms with Gasteiger partial charge in [0.15, 0.2) is 0 Å². The number of hydrogen-bond donors (Lipinski definition) is 1. The van der Waals surface area contributed by atoms with Crippen LogP contribution in [-0.4, -0.2) is 5.97 Å². The minimum absolute atomic E-state index is 0.0188. The molecule has 1 aliphatic heterocycles. The Morgan fingerprint density at radius 2 is 1.96 bits per heavy atom. The lowest BCUT2D eigenvalue weighted by molar-refractivity contribution is 0.0701. The highest BCUT2D eigenvalue weighted by atomic mass is 79.9. The monoisotopic (exact) mass is 436 g/mol. The van der Waals surface area contributed by atoms with Crippen molar-refractivity contribution in [2.75, 3.05) is 0 Å². The van der Waals surface area contributed by atoms with Crippen LogP contribution in [0.4, 0.5) is 0 Å². The quantitative estimate of drug-likeness (QED) is 0.479. The van der Waals surface area contributed by atoms with Crippen molar-refractivity contribution in [2.24, 2.45) is 5.73 Å². The van der Waals surface area contributed by atoms with Crippen molar-refractivity contribution in [2.45, 2.75) is 5.92 Å². The van der Waals surface area contributed by atoms with E-state index in [0.29, 0.717) is 11.3 Å². The van der Waals surface area contributed by atoms with Gasteiger partial charge in [-0.1, -0.05) is 40.2 Å². The molecule has 7 heteroatoms. The summed E-state index contributed by atoms with van der Waals surface area (Å²) < 4.78 is 16.9. The Morgan fingerprint density at radius 1 is 1.14 bits per heavy atom. The second-order valence-corrected chi connectivity index (χ2v) is 6.87. The first-order valence-corrected chi connectivity index (χ1v) is 9.09. The number of nitrogens with two attached hydrogens (primary N) is 1. The molecule has 1 atom stereocenters. The summed E-state index contributed by atoms with van der Waals surface area (Å²) in [5, 5.41) is 9.63. The molecule has 1 unspecified atom stereocenters. The van der Waals surface area contributed by atoms with Gasteiger partial charge in [-0.15, -0.1) is 0 Å². The Labute approximate surface area is 168 Å². The predicted octanol–water partition coefficient (Wildman–Crippen LogP) is 4.48. The van der Waals surface area contributed by atoms with Crippen molar-refractivity contribution in [3.63, 3.8) is 0 Å². The Kier molecular flexibility index (Phi) is 4.63. The van der Waals surface area contributed by atoms with Gasteiger partial charge in [0.1, 0.15) is 23.1 Å². The summed E-state index contributed by atoms with van der Waals surface area (Å²) >= 11 is 3.54. The topological polar surface area (TPSA) is 98.5 Å². The summed E-state index contributed by atoms with van der Waals surface area (Å²) in [5.41, 5.74) is 7.95. The first-order valence-electron chi connectivity index (χ1n) is 8.30. The van der Waals surface area contributed by atoms with Crippen LogP contribution < -0.4 is 15.2 Å². The fourth-order valence-electron chi connectivity index (χ4n) is 3.08. The summed E-state index contributed by atoms with van der Waals surface area (Å²) in [7, 11) is 0. The molecule has 28 heavy (non-hydrogen) atoms. The number of allylic oxidation sites excluding steroid dienone is 1. The lowest BCUT2D eigenvalue weighted by Gasteiger charge is -2.27. The fourth-order valence-corrected chi connectivity index (χ4v) is 3.59. The highest BCUT2D eigenvalue weighted by Gasteiger charge is 2.32. The van der Waals surface area contributed by atoms with Gasteiger partial charge < -0.3 is 19.6 Å². The molecule has 0 spiro atoms. The molecule has 2 heterocycles. The zero-order chi connectivity index (χ0) is 19.7. The molecule has 3 aromatic rings. The highest BCUT2D eigenvalue weighted by Crippen LogP contribution is 2.45. The summed E-state index contributed by atoms with van der Waals surface area (Å²) in [6.07, 6.45) is 1.39. The smallest absolute Gasteiger partial charge is 0.379 e. The average molecular weight is 437 g/mol. The molecule has 2 N–H and O–H groups in total. The summed E-state index contributed by atoms with van der Waals surface area (Å²) in [5.74, 6) is -0.217. The molecule has 0 fully saturated rings. The first-order chi connectivity index (χ1) is 13.6. The maximum atomic E-state index is 12.1. The number of halogens is 1. The van der Waals surface area contributed by atoms with Crippen LogP contribution in [0.3, 0.4) is 0 Å². The van der Waals surface area contributed by atoms with Crippen LogP contribution in [0.15, 0.2) is 81.2 Å². The van der Waals surface area contributed by atoms with Crippen LogP contribution >= 0.6 is 15.9 Å². The second kappa shape index (κ2) is 7.25. The van der Waals surface area contributed by atoms with Crippen molar-refractivity contribution in [1.82, 2.24) is 0 Å². The first kappa shape index (κ1) is 17.9. The van der Waals surface area contributed by atoms with Gasteiger partial charge in [-0.25, -0.2) is 4.79 Å². The van der Waals surface area contributed by atoms with Crippen LogP contribution in [0.25, 0.3) is 0 Å². The number of rotatable bonds is 3. The number of furan rings is 1. The third-order valence-corrected chi connectivity index (χ3v) is 5.06. The Balaban J connectivity index is 1.74. The number of carbonyl (C=O) groups is 1. The molecule has 6 nitrogen and oxygen atoms in total. The minimum Gasteiger partial charge on any atom is -0.457 e. The molecule has 0 bridgehead atoms. The van der Waals surface area contributed by atoms with Crippen molar-refractivity contribution in [1.29, 1.82) is 5.26 Å². The fraction of sp³-hybridized carbons (Fsp3) is 0.0476. The van der Waals surface area contributed by atoms with Gasteiger partial charge >= 0.3 is 5.97 Å². The average Bonchev–Trinajstić information content (AvgIpc) is 3.22. The molecule has 0 aliphatic carbocycles. The molecule has 1 aromatic heterocycles. The number of ether oxygens (including phenoxy) is 2. The standard InChI is InChI=1S/C21H13BrN2O4/c22-16-5-2-1-4-13(16)19-14-8-7-12(27-21(25)17-6-3-9-26-17)10-18(14)28-20(24)15(19)11-23/h1-10,19H,24H2. The molecule has 4 rings (SSSR count). The van der Waals surface area contributed by atoms with Crippen LogP contribution in [0.1, 0.15) is 27.6 Å². The third kappa shape index (κ3) is 3.15. The molecule has 1 aliphatic rings. The molecular weight excluding hydrogens is 424 g/mol. The van der Waals surface area contributed by atoms with Gasteiger partial charge in [-0.05, 0) is 29.8 Å². The Morgan fingerprint density at radius 3 is 2.68 bits per heavy atom. The van der Waals surface area contributed by atoms with E-state index in [1.54, 1.807) is 24.3 Å². The minimum atomic E-state index is -0.621. The van der Waals surface area contributed by atoms with Gasteiger partial charge in [0, 0.05) is 16.1 Å². The number of fused-ring (bicyclic) bond motifs is 1. The zero-order valence-electron chi connectivity index (χ0n) is 14.4. The van der Waals surface area contributed by atoms with Crippen LogP contribution in [0.5, 0.6) is 11.5 Å². The summed E-state index contributed by atoms with van der Waals surface area (Å²) in [4.78, 5) is 12.1. The summed E-state index contributed by atoms with van der Waals surface area (Å²) in [6.45, 7) is 0. The van der Waals surface area contributed by atoms with E-state index in [1.165, 1.54) is 12.3 Å². The number of hydrogen-bond acceptors (Lipinski definition) is 6. The molecule has 0 saturated heterocycles. The predicted molar refractivity (Wildman–Crippen MR) is 104 cm³/mol. The van der Waals surface area contributed by atoms with Crippen LogP contribution in [-0.2, 0) is 0 Å². The normalized spacial score (nSPS) is 15.4. The van der Waals surface area contributed by atoms with Crippen LogP contribution in [0.2, 0.25) is 0 Å². The SMILES string of the molecule is N#CC1=C(N)Oc2cc(OC(=O)c3ccco3)ccc2C1c1ccccc1Br. The van der Waals surface area contributed by atoms with Crippen molar-refractivity contribution >= 4 is 21.9 Å². The van der Waals surface area contributed by atoms with E-state index < -0.39 is 11.9 Å². The third-order valence-electron chi connectivity index (χ3n) is 4.34. The molecule has 0 amide bonds. The van der Waals surface area contributed by atoms with Gasteiger partial charge in [0.2, 0.25) is 11.6 Å². The number of nitrogens with zero attached hydrogens (tertiary/aromatic N) is 1. The number of esters is 1. The molecule has 0 radical (unpaired) electrons. The maximum absolute atomic E-state index is 12.1. The highest BCUT2D eigenvalue weighted by molar-refractivity contribution is 9.10. The van der Waals surface area contributed by atoms with Gasteiger partial charge in [-0.3, -0.25) is 0 Å². The molecule has 0 saturated carbocycles. The van der Waals surface area contributed by atoms with Crippen molar-refractivity contribution < 1.29 is 18.7 Å². The van der Waals surface area contributed by atoms with Gasteiger partial charge in [0.05, 0.1) is 12.2 Å². The number of carbonyl (C=O) groups excluding carboxylic acids is 1. The van der Waals surface area contributed by atoms with Crippen molar-refractivity contribution in [3.05, 3.63) is 93.7 Å². The van der Waals surface area contributed by atoms with E-state index in [2.05, 4.69) is 22.0 Å². The summed E-state index contributed by atoms with van der Waals surface area (Å²) in [6, 6.07) is 17.8.